The third kappa shape index (κ3) is 4.79. The molecule has 1 aromatic carbocycles. The zero-order valence-corrected chi connectivity index (χ0v) is 16.2. The first-order chi connectivity index (χ1) is 13.1. The minimum absolute atomic E-state index is 0.0386. The maximum absolute atomic E-state index is 13.0. The second-order valence-corrected chi connectivity index (χ2v) is 7.02. The molecule has 144 valence electrons. The van der Waals surface area contributed by atoms with Gasteiger partial charge < -0.3 is 19.1 Å². The molecular formula is C18H22N4O4S. The lowest BCUT2D eigenvalue weighted by atomic mass is 10.2. The van der Waals surface area contributed by atoms with Crippen LogP contribution in [0.15, 0.2) is 33.7 Å². The summed E-state index contributed by atoms with van der Waals surface area (Å²) in [5.74, 6) is 1.59. The van der Waals surface area contributed by atoms with Crippen molar-refractivity contribution < 1.29 is 18.8 Å². The van der Waals surface area contributed by atoms with Crippen molar-refractivity contribution in [2.45, 2.75) is 24.5 Å². The van der Waals surface area contributed by atoms with Gasteiger partial charge >= 0.3 is 6.09 Å². The van der Waals surface area contributed by atoms with E-state index in [1.807, 2.05) is 24.3 Å². The van der Waals surface area contributed by atoms with Crippen LogP contribution in [0.25, 0.3) is 0 Å². The number of thioether (sulfide) groups is 1. The Bertz CT molecular complexity index is 802. The summed E-state index contributed by atoms with van der Waals surface area (Å²) >= 11 is 1.49. The summed E-state index contributed by atoms with van der Waals surface area (Å²) in [5.41, 5.74) is 0.642. The number of aromatic nitrogens is 2. The van der Waals surface area contributed by atoms with Gasteiger partial charge in [0.15, 0.2) is 5.82 Å². The van der Waals surface area contributed by atoms with Gasteiger partial charge in [-0.15, -0.1) is 11.8 Å². The van der Waals surface area contributed by atoms with Crippen LogP contribution in [0.3, 0.4) is 0 Å². The van der Waals surface area contributed by atoms with Crippen LogP contribution in [0.1, 0.15) is 29.0 Å². The number of carbonyl (C=O) groups is 2. The number of amides is 2. The minimum atomic E-state index is -0.324. The summed E-state index contributed by atoms with van der Waals surface area (Å²) in [6.45, 7) is 5.82. The second-order valence-electron chi connectivity index (χ2n) is 6.00. The summed E-state index contributed by atoms with van der Waals surface area (Å²) in [6, 6.07) is 7.48. The van der Waals surface area contributed by atoms with Gasteiger partial charge in [0.05, 0.1) is 17.9 Å². The van der Waals surface area contributed by atoms with E-state index in [1.165, 1.54) is 11.8 Å². The summed E-state index contributed by atoms with van der Waals surface area (Å²) in [6.07, 6.45) is -0.324. The largest absolute Gasteiger partial charge is 0.450 e. The Morgan fingerprint density at radius 1 is 1.19 bits per heavy atom. The van der Waals surface area contributed by atoms with E-state index in [9.17, 15) is 9.59 Å². The number of carbonyl (C=O) groups excluding carboxylic acids is 2. The standard InChI is InChI=1S/C18H22N4O4S/c1-3-25-18(24)22-10-8-21(9-11-22)17(23)14-6-4-5-7-15(14)27-12-16-19-13(2)20-26-16/h4-7H,3,8-12H2,1-2H3. The molecule has 1 aliphatic heterocycles. The molecule has 8 nitrogen and oxygen atoms in total. The molecule has 0 atom stereocenters. The van der Waals surface area contributed by atoms with Crippen molar-refractivity contribution in [3.05, 3.63) is 41.5 Å². The molecule has 0 radical (unpaired) electrons. The van der Waals surface area contributed by atoms with E-state index in [1.54, 1.807) is 23.6 Å². The molecule has 1 aromatic heterocycles. The number of piperazine rings is 1. The minimum Gasteiger partial charge on any atom is -0.450 e. The Labute approximate surface area is 161 Å². The number of aryl methyl sites for hydroxylation is 1. The Morgan fingerprint density at radius 3 is 2.56 bits per heavy atom. The normalized spacial score (nSPS) is 14.3. The van der Waals surface area contributed by atoms with Crippen molar-refractivity contribution >= 4 is 23.8 Å². The van der Waals surface area contributed by atoms with E-state index in [4.69, 9.17) is 9.26 Å². The Morgan fingerprint density at radius 2 is 1.89 bits per heavy atom. The van der Waals surface area contributed by atoms with Crippen LogP contribution in [-0.4, -0.2) is 64.7 Å². The molecule has 1 aliphatic rings. The van der Waals surface area contributed by atoms with Gasteiger partial charge in [0.25, 0.3) is 5.91 Å². The average Bonchev–Trinajstić information content (AvgIpc) is 3.11. The lowest BCUT2D eigenvalue weighted by Crippen LogP contribution is -2.50. The quantitative estimate of drug-likeness (QED) is 0.725. The first-order valence-electron chi connectivity index (χ1n) is 8.80. The summed E-state index contributed by atoms with van der Waals surface area (Å²) in [4.78, 5) is 33.2. The van der Waals surface area contributed by atoms with E-state index in [0.29, 0.717) is 55.8 Å². The molecular weight excluding hydrogens is 368 g/mol. The molecule has 0 spiro atoms. The lowest BCUT2D eigenvalue weighted by Gasteiger charge is -2.34. The van der Waals surface area contributed by atoms with Gasteiger partial charge in [0, 0.05) is 31.1 Å². The van der Waals surface area contributed by atoms with Gasteiger partial charge in [-0.2, -0.15) is 4.98 Å². The van der Waals surface area contributed by atoms with E-state index >= 15 is 0 Å². The van der Waals surface area contributed by atoms with Crippen LogP contribution in [-0.2, 0) is 10.5 Å². The van der Waals surface area contributed by atoms with E-state index < -0.39 is 0 Å². The number of benzene rings is 1. The van der Waals surface area contributed by atoms with Crippen LogP contribution >= 0.6 is 11.8 Å². The molecule has 0 saturated carbocycles. The van der Waals surface area contributed by atoms with Crippen LogP contribution in [0, 0.1) is 6.92 Å². The van der Waals surface area contributed by atoms with E-state index in [2.05, 4.69) is 10.1 Å². The molecule has 0 aliphatic carbocycles. The van der Waals surface area contributed by atoms with Crippen molar-refractivity contribution in [2.75, 3.05) is 32.8 Å². The molecule has 1 fully saturated rings. The third-order valence-corrected chi connectivity index (χ3v) is 5.19. The number of hydrogen-bond donors (Lipinski definition) is 0. The summed E-state index contributed by atoms with van der Waals surface area (Å²) in [5, 5.41) is 3.78. The fourth-order valence-corrected chi connectivity index (χ4v) is 3.67. The molecule has 2 aromatic rings. The summed E-state index contributed by atoms with van der Waals surface area (Å²) < 4.78 is 10.1. The molecule has 0 bridgehead atoms. The highest BCUT2D eigenvalue weighted by molar-refractivity contribution is 7.98. The maximum atomic E-state index is 13.0. The highest BCUT2D eigenvalue weighted by atomic mass is 32.2. The zero-order chi connectivity index (χ0) is 19.2. The highest BCUT2D eigenvalue weighted by Crippen LogP contribution is 2.27. The predicted octanol–water partition coefficient (Wildman–Crippen LogP) is 2.58. The smallest absolute Gasteiger partial charge is 0.409 e. The maximum Gasteiger partial charge on any atom is 0.409 e. The Kier molecular flexibility index (Phi) is 6.33. The van der Waals surface area contributed by atoms with Crippen LogP contribution in [0.5, 0.6) is 0 Å². The number of rotatable bonds is 5. The van der Waals surface area contributed by atoms with Gasteiger partial charge in [0.2, 0.25) is 5.89 Å². The zero-order valence-electron chi connectivity index (χ0n) is 15.4. The first kappa shape index (κ1) is 19.2. The first-order valence-corrected chi connectivity index (χ1v) is 9.79. The SMILES string of the molecule is CCOC(=O)N1CCN(C(=O)c2ccccc2SCc2nc(C)no2)CC1. The Hall–Kier alpha value is -2.55. The molecule has 27 heavy (non-hydrogen) atoms. The monoisotopic (exact) mass is 390 g/mol. The molecule has 9 heteroatoms. The fraction of sp³-hybridized carbons (Fsp3) is 0.444. The predicted molar refractivity (Wildman–Crippen MR) is 99.5 cm³/mol. The second kappa shape index (κ2) is 8.90. The van der Waals surface area contributed by atoms with Gasteiger partial charge in [-0.3, -0.25) is 4.79 Å². The number of ether oxygens (including phenoxy) is 1. The highest BCUT2D eigenvalue weighted by Gasteiger charge is 2.26. The summed E-state index contributed by atoms with van der Waals surface area (Å²) in [7, 11) is 0. The van der Waals surface area contributed by atoms with Crippen LogP contribution < -0.4 is 0 Å². The van der Waals surface area contributed by atoms with Crippen molar-refractivity contribution in [1.29, 1.82) is 0 Å². The molecule has 0 N–H and O–H groups in total. The van der Waals surface area contributed by atoms with Crippen molar-refractivity contribution in [3.8, 4) is 0 Å². The van der Waals surface area contributed by atoms with Crippen molar-refractivity contribution in [2.24, 2.45) is 0 Å². The van der Waals surface area contributed by atoms with Gasteiger partial charge in [-0.05, 0) is 26.0 Å². The molecule has 1 saturated heterocycles. The Balaban J connectivity index is 1.62. The topological polar surface area (TPSA) is 88.8 Å². The fourth-order valence-electron chi connectivity index (χ4n) is 2.78. The molecule has 2 amide bonds. The van der Waals surface area contributed by atoms with Gasteiger partial charge in [-0.1, -0.05) is 17.3 Å². The van der Waals surface area contributed by atoms with Crippen molar-refractivity contribution in [3.63, 3.8) is 0 Å². The third-order valence-electron chi connectivity index (χ3n) is 4.13. The molecule has 0 unspecified atom stereocenters. The number of nitrogens with zero attached hydrogens (tertiary/aromatic N) is 4. The lowest BCUT2D eigenvalue weighted by molar-refractivity contribution is 0.0568. The van der Waals surface area contributed by atoms with Crippen molar-refractivity contribution in [1.82, 2.24) is 19.9 Å². The van der Waals surface area contributed by atoms with Crippen LogP contribution in [0.4, 0.5) is 4.79 Å². The molecule has 3 rings (SSSR count). The van der Waals surface area contributed by atoms with Crippen LogP contribution in [0.2, 0.25) is 0 Å². The average molecular weight is 390 g/mol. The van der Waals surface area contributed by atoms with Gasteiger partial charge in [-0.25, -0.2) is 4.79 Å². The molecule has 2 heterocycles. The number of hydrogen-bond acceptors (Lipinski definition) is 7. The van der Waals surface area contributed by atoms with Gasteiger partial charge in [0.1, 0.15) is 0 Å². The van der Waals surface area contributed by atoms with E-state index in [0.717, 1.165) is 4.90 Å². The van der Waals surface area contributed by atoms with E-state index in [-0.39, 0.29) is 12.0 Å².